The molecule has 0 unspecified atom stereocenters. The largest absolute Gasteiger partial charge is 0.452 e. The Morgan fingerprint density at radius 1 is 1.31 bits per heavy atom. The molecule has 0 bridgehead atoms. The Kier molecular flexibility index (Phi) is 7.28. The molecule has 162 valence electrons. The Morgan fingerprint density at radius 2 is 1.97 bits per heavy atom. The molecule has 2 rings (SSSR count). The van der Waals surface area contributed by atoms with E-state index in [2.05, 4.69) is 4.72 Å². The van der Waals surface area contributed by atoms with E-state index in [1.165, 1.54) is 25.1 Å². The van der Waals surface area contributed by atoms with Gasteiger partial charge in [0.25, 0.3) is 5.91 Å². The standard InChI is InChI=1S/C18H23F3N2O5S/c1-3-22-29(26,27)15-6-4-5-14(9-15)17(25)28-10-16(24)23(11-18(19,20)21)12(2)13-7-8-13/h4-6,9,12-13,22H,3,7-8,10-11H2,1-2H3/t12-/m0/s1. The number of nitrogens with zero attached hydrogens (tertiary/aromatic N) is 1. The van der Waals surface area contributed by atoms with Gasteiger partial charge in [-0.1, -0.05) is 13.0 Å². The summed E-state index contributed by atoms with van der Waals surface area (Å²) in [5.74, 6) is -1.95. The van der Waals surface area contributed by atoms with Gasteiger partial charge >= 0.3 is 12.1 Å². The molecule has 1 aliphatic carbocycles. The van der Waals surface area contributed by atoms with E-state index in [9.17, 15) is 31.2 Å². The second-order valence-electron chi connectivity index (χ2n) is 6.82. The number of carbonyl (C=O) groups is 2. The maximum atomic E-state index is 12.8. The van der Waals surface area contributed by atoms with Crippen molar-refractivity contribution in [2.24, 2.45) is 5.92 Å². The summed E-state index contributed by atoms with van der Waals surface area (Å²) < 4.78 is 69.6. The second-order valence-corrected chi connectivity index (χ2v) is 8.59. The van der Waals surface area contributed by atoms with E-state index in [1.54, 1.807) is 6.92 Å². The van der Waals surface area contributed by atoms with Crippen molar-refractivity contribution >= 4 is 21.9 Å². The van der Waals surface area contributed by atoms with Crippen molar-refractivity contribution in [1.29, 1.82) is 0 Å². The fourth-order valence-corrected chi connectivity index (χ4v) is 3.93. The van der Waals surface area contributed by atoms with Crippen LogP contribution in [0.5, 0.6) is 0 Å². The van der Waals surface area contributed by atoms with Crippen LogP contribution in [0.1, 0.15) is 37.0 Å². The summed E-state index contributed by atoms with van der Waals surface area (Å²) in [4.78, 5) is 25.0. The van der Waals surface area contributed by atoms with Gasteiger partial charge in [0.1, 0.15) is 6.54 Å². The molecular weight excluding hydrogens is 413 g/mol. The van der Waals surface area contributed by atoms with Crippen LogP contribution in [0.2, 0.25) is 0 Å². The first-order valence-corrected chi connectivity index (χ1v) is 10.6. The van der Waals surface area contributed by atoms with Crippen molar-refractivity contribution in [3.63, 3.8) is 0 Å². The molecule has 1 atom stereocenters. The highest BCUT2D eigenvalue weighted by Crippen LogP contribution is 2.36. The Balaban J connectivity index is 2.05. The highest BCUT2D eigenvalue weighted by molar-refractivity contribution is 7.89. The van der Waals surface area contributed by atoms with E-state index in [4.69, 9.17) is 4.74 Å². The molecule has 0 radical (unpaired) electrons. The number of ether oxygens (including phenoxy) is 1. The molecule has 1 aromatic carbocycles. The van der Waals surface area contributed by atoms with Crippen LogP contribution < -0.4 is 4.72 Å². The number of alkyl halides is 3. The number of esters is 1. The maximum absolute atomic E-state index is 12.8. The summed E-state index contributed by atoms with van der Waals surface area (Å²) in [5, 5.41) is 0. The predicted molar refractivity (Wildman–Crippen MR) is 97.5 cm³/mol. The summed E-state index contributed by atoms with van der Waals surface area (Å²) in [6, 6.07) is 4.36. The van der Waals surface area contributed by atoms with Crippen molar-refractivity contribution < 1.29 is 35.9 Å². The van der Waals surface area contributed by atoms with E-state index in [-0.39, 0.29) is 22.9 Å². The number of benzene rings is 1. The topological polar surface area (TPSA) is 92.8 Å². The first kappa shape index (κ1) is 23.1. The molecule has 29 heavy (non-hydrogen) atoms. The Morgan fingerprint density at radius 3 is 2.52 bits per heavy atom. The lowest BCUT2D eigenvalue weighted by Gasteiger charge is -2.30. The Hall–Kier alpha value is -2.14. The van der Waals surface area contributed by atoms with Crippen LogP contribution in [0.4, 0.5) is 13.2 Å². The van der Waals surface area contributed by atoms with E-state index < -0.39 is 47.3 Å². The van der Waals surface area contributed by atoms with Crippen molar-refractivity contribution in [2.45, 2.75) is 43.8 Å². The third-order valence-corrected chi connectivity index (χ3v) is 6.05. The van der Waals surface area contributed by atoms with Gasteiger partial charge in [-0.2, -0.15) is 13.2 Å². The van der Waals surface area contributed by atoms with Crippen molar-refractivity contribution in [3.8, 4) is 0 Å². The summed E-state index contributed by atoms with van der Waals surface area (Å²) in [6.45, 7) is 1.00. The molecule has 1 aliphatic rings. The molecule has 1 aromatic rings. The zero-order valence-electron chi connectivity index (χ0n) is 16.0. The molecule has 0 spiro atoms. The monoisotopic (exact) mass is 436 g/mol. The van der Waals surface area contributed by atoms with Crippen LogP contribution in [0.15, 0.2) is 29.2 Å². The van der Waals surface area contributed by atoms with Gasteiger partial charge in [-0.3, -0.25) is 4.79 Å². The Labute approximate surface area is 167 Å². The molecule has 1 fully saturated rings. The zero-order chi connectivity index (χ0) is 21.8. The van der Waals surface area contributed by atoms with Crippen molar-refractivity contribution in [1.82, 2.24) is 9.62 Å². The molecule has 11 heteroatoms. The van der Waals surface area contributed by atoms with Gasteiger partial charge in [0.15, 0.2) is 6.61 Å². The smallest absolute Gasteiger partial charge is 0.406 e. The molecular formula is C18H23F3N2O5S. The minimum Gasteiger partial charge on any atom is -0.452 e. The summed E-state index contributed by atoms with van der Waals surface area (Å²) in [7, 11) is -3.80. The number of nitrogens with one attached hydrogen (secondary N) is 1. The fraction of sp³-hybridized carbons (Fsp3) is 0.556. The van der Waals surface area contributed by atoms with Gasteiger partial charge in [0.05, 0.1) is 10.5 Å². The van der Waals surface area contributed by atoms with E-state index in [0.717, 1.165) is 18.9 Å². The minimum atomic E-state index is -4.57. The minimum absolute atomic E-state index is 0.00459. The predicted octanol–water partition coefficient (Wildman–Crippen LogP) is 2.33. The highest BCUT2D eigenvalue weighted by Gasteiger charge is 2.40. The SMILES string of the molecule is CCNS(=O)(=O)c1cccc(C(=O)OCC(=O)N(CC(F)(F)F)[C@@H](C)C2CC2)c1. The van der Waals surface area contributed by atoms with Crippen LogP contribution in [0.25, 0.3) is 0 Å². The van der Waals surface area contributed by atoms with Crippen molar-refractivity contribution in [2.75, 3.05) is 19.7 Å². The average Bonchev–Trinajstić information content (AvgIpc) is 3.48. The number of halogens is 3. The van der Waals surface area contributed by atoms with E-state index >= 15 is 0 Å². The lowest BCUT2D eigenvalue weighted by molar-refractivity contribution is -0.167. The van der Waals surface area contributed by atoms with Crippen LogP contribution >= 0.6 is 0 Å². The van der Waals surface area contributed by atoms with Gasteiger partial charge in [0, 0.05) is 12.6 Å². The Bertz CT molecular complexity index is 853. The molecule has 1 saturated carbocycles. The molecule has 0 aromatic heterocycles. The second kappa shape index (κ2) is 9.12. The molecule has 7 nitrogen and oxygen atoms in total. The summed E-state index contributed by atoms with van der Waals surface area (Å²) in [5.41, 5.74) is -0.130. The van der Waals surface area contributed by atoms with E-state index in [0.29, 0.717) is 4.90 Å². The number of sulfonamides is 1. The molecule has 1 amide bonds. The molecule has 0 heterocycles. The quantitative estimate of drug-likeness (QED) is 0.600. The van der Waals surface area contributed by atoms with Crippen molar-refractivity contribution in [3.05, 3.63) is 29.8 Å². The number of carbonyl (C=O) groups excluding carboxylic acids is 2. The third-order valence-electron chi connectivity index (χ3n) is 4.51. The lowest BCUT2D eigenvalue weighted by Crippen LogP contribution is -2.47. The van der Waals surface area contributed by atoms with Gasteiger partial charge in [-0.25, -0.2) is 17.9 Å². The fourth-order valence-electron chi connectivity index (χ4n) is 2.84. The lowest BCUT2D eigenvalue weighted by atomic mass is 10.2. The zero-order valence-corrected chi connectivity index (χ0v) is 16.8. The van der Waals surface area contributed by atoms with Gasteiger partial charge in [-0.05, 0) is 43.9 Å². The van der Waals surface area contributed by atoms with Gasteiger partial charge in [-0.15, -0.1) is 0 Å². The van der Waals surface area contributed by atoms with Crippen LogP contribution in [0.3, 0.4) is 0 Å². The third kappa shape index (κ3) is 6.70. The molecule has 0 aliphatic heterocycles. The maximum Gasteiger partial charge on any atom is 0.406 e. The molecule has 0 saturated heterocycles. The number of rotatable bonds is 9. The van der Waals surface area contributed by atoms with Crippen LogP contribution in [0, 0.1) is 5.92 Å². The summed E-state index contributed by atoms with van der Waals surface area (Å²) in [6.07, 6.45) is -3.08. The van der Waals surface area contributed by atoms with Crippen LogP contribution in [-0.4, -0.2) is 57.1 Å². The number of hydrogen-bond acceptors (Lipinski definition) is 5. The average molecular weight is 436 g/mol. The number of amides is 1. The van der Waals surface area contributed by atoms with Gasteiger partial charge < -0.3 is 9.64 Å². The molecule has 1 N–H and O–H groups in total. The van der Waals surface area contributed by atoms with E-state index in [1.807, 2.05) is 0 Å². The first-order chi connectivity index (χ1) is 13.4. The first-order valence-electron chi connectivity index (χ1n) is 9.07. The number of hydrogen-bond donors (Lipinski definition) is 1. The normalized spacial score (nSPS) is 15.6. The highest BCUT2D eigenvalue weighted by atomic mass is 32.2. The van der Waals surface area contributed by atoms with Crippen LogP contribution in [-0.2, 0) is 19.6 Å². The van der Waals surface area contributed by atoms with Gasteiger partial charge in [0.2, 0.25) is 10.0 Å². The summed E-state index contributed by atoms with van der Waals surface area (Å²) >= 11 is 0.